The summed E-state index contributed by atoms with van der Waals surface area (Å²) in [6, 6.07) is 16.3. The van der Waals surface area contributed by atoms with Crippen LogP contribution in [0.15, 0.2) is 60.8 Å². The number of nitrogens with zero attached hydrogens (tertiary/aromatic N) is 4. The number of carbonyl (C=O) groups excluding carboxylic acids is 1. The van der Waals surface area contributed by atoms with Gasteiger partial charge in [0, 0.05) is 57.2 Å². The predicted octanol–water partition coefficient (Wildman–Crippen LogP) is 2.77. The fourth-order valence-corrected chi connectivity index (χ4v) is 5.08. The summed E-state index contributed by atoms with van der Waals surface area (Å²) in [4.78, 5) is 27.2. The van der Waals surface area contributed by atoms with E-state index in [1.54, 1.807) is 30.5 Å². The molecule has 4 aromatic rings. The molecule has 2 aromatic carbocycles. The van der Waals surface area contributed by atoms with Crippen molar-refractivity contribution in [3.05, 3.63) is 71.9 Å². The van der Waals surface area contributed by atoms with Crippen LogP contribution in [0.1, 0.15) is 15.9 Å². The highest BCUT2D eigenvalue weighted by Gasteiger charge is 2.16. The van der Waals surface area contributed by atoms with Gasteiger partial charge in [0.25, 0.3) is 5.91 Å². The van der Waals surface area contributed by atoms with Gasteiger partial charge in [-0.3, -0.25) is 14.0 Å². The third-order valence-electron chi connectivity index (χ3n) is 6.91. The number of rotatable bonds is 11. The number of nitrogens with one attached hydrogen (secondary N) is 4. The molecule has 0 aliphatic carbocycles. The van der Waals surface area contributed by atoms with Gasteiger partial charge in [0.1, 0.15) is 11.5 Å². The van der Waals surface area contributed by atoms with Crippen LogP contribution in [0.5, 0.6) is 0 Å². The molecule has 1 aliphatic heterocycles. The number of hydrogen-bond donors (Lipinski definition) is 4. The molecule has 5 rings (SSSR count). The molecule has 13 heteroatoms. The molecule has 4 N–H and O–H groups in total. The quantitative estimate of drug-likeness (QED) is 0.211. The number of morpholine rings is 1. The Morgan fingerprint density at radius 2 is 1.83 bits per heavy atom. The number of aromatic amines is 1. The Morgan fingerprint density at radius 3 is 2.59 bits per heavy atom. The molecule has 1 aliphatic rings. The molecule has 0 saturated carbocycles. The molecule has 1 saturated heterocycles. The summed E-state index contributed by atoms with van der Waals surface area (Å²) < 4.78 is 30.9. The van der Waals surface area contributed by atoms with Gasteiger partial charge in [-0.1, -0.05) is 18.2 Å². The van der Waals surface area contributed by atoms with E-state index in [-0.39, 0.29) is 5.91 Å². The number of amides is 1. The Hall–Kier alpha value is -4.20. The van der Waals surface area contributed by atoms with E-state index in [2.05, 4.69) is 35.8 Å². The zero-order valence-electron chi connectivity index (χ0n) is 23.1. The number of carbonyl (C=O) groups is 1. The van der Waals surface area contributed by atoms with Crippen molar-refractivity contribution in [1.82, 2.24) is 25.2 Å². The van der Waals surface area contributed by atoms with E-state index in [4.69, 9.17) is 4.74 Å². The topological polar surface area (TPSA) is 145 Å². The zero-order valence-corrected chi connectivity index (χ0v) is 23.9. The van der Waals surface area contributed by atoms with Crippen LogP contribution in [0, 0.1) is 0 Å². The minimum absolute atomic E-state index is 0.123. The van der Waals surface area contributed by atoms with Crippen LogP contribution in [0.25, 0.3) is 11.0 Å². The molecule has 41 heavy (non-hydrogen) atoms. The second-order valence-corrected chi connectivity index (χ2v) is 11.8. The van der Waals surface area contributed by atoms with Crippen LogP contribution in [-0.4, -0.2) is 86.9 Å². The van der Waals surface area contributed by atoms with Crippen molar-refractivity contribution >= 4 is 50.1 Å². The fraction of sp³-hybridized carbons (Fsp3) is 0.321. The Kier molecular flexibility index (Phi) is 8.67. The van der Waals surface area contributed by atoms with E-state index >= 15 is 0 Å². The number of ether oxygens (including phenoxy) is 1. The highest BCUT2D eigenvalue weighted by molar-refractivity contribution is 7.92. The number of fused-ring (bicyclic) bond motifs is 1. The Bertz CT molecular complexity index is 1600. The lowest BCUT2D eigenvalue weighted by Gasteiger charge is -2.26. The second-order valence-electron chi connectivity index (χ2n) is 9.76. The first kappa shape index (κ1) is 28.3. The summed E-state index contributed by atoms with van der Waals surface area (Å²) in [6.45, 7) is 4.96. The van der Waals surface area contributed by atoms with Gasteiger partial charge in [0.05, 0.1) is 30.5 Å². The van der Waals surface area contributed by atoms with Gasteiger partial charge >= 0.3 is 0 Å². The zero-order chi connectivity index (χ0) is 28.8. The molecular formula is C28H34N8O4S. The number of benzene rings is 2. The van der Waals surface area contributed by atoms with Crippen LogP contribution in [0.3, 0.4) is 0 Å². The Balaban J connectivity index is 1.24. The van der Waals surface area contributed by atoms with Gasteiger partial charge in [-0.05, 0) is 42.0 Å². The molecule has 1 fully saturated rings. The van der Waals surface area contributed by atoms with Crippen LogP contribution in [0.4, 0.5) is 23.1 Å². The molecule has 216 valence electrons. The molecule has 0 radical (unpaired) electrons. The summed E-state index contributed by atoms with van der Waals surface area (Å²) in [5, 5.41) is 10.3. The van der Waals surface area contributed by atoms with Crippen LogP contribution >= 0.6 is 0 Å². The Morgan fingerprint density at radius 1 is 1.07 bits per heavy atom. The summed E-state index contributed by atoms with van der Waals surface area (Å²) in [5.74, 6) is 0.834. The maximum Gasteiger partial charge on any atom is 0.251 e. The summed E-state index contributed by atoms with van der Waals surface area (Å²) in [7, 11) is -1.88. The summed E-state index contributed by atoms with van der Waals surface area (Å²) in [5.41, 5.74) is 3.33. The third-order valence-corrected chi connectivity index (χ3v) is 8.10. The van der Waals surface area contributed by atoms with E-state index in [0.29, 0.717) is 41.8 Å². The number of H-pyrrole nitrogens is 1. The van der Waals surface area contributed by atoms with Crippen molar-refractivity contribution in [2.75, 3.05) is 67.6 Å². The lowest BCUT2D eigenvalue weighted by Crippen LogP contribution is -2.41. The number of hydrogen-bond acceptors (Lipinski definition) is 9. The number of sulfonamides is 1. The summed E-state index contributed by atoms with van der Waals surface area (Å²) >= 11 is 0. The van der Waals surface area contributed by atoms with Crippen molar-refractivity contribution in [3.8, 4) is 0 Å². The third kappa shape index (κ3) is 7.12. The van der Waals surface area contributed by atoms with Gasteiger partial charge in [0.15, 0.2) is 0 Å². The van der Waals surface area contributed by atoms with Crippen molar-refractivity contribution in [3.63, 3.8) is 0 Å². The van der Waals surface area contributed by atoms with Crippen LogP contribution in [0.2, 0.25) is 0 Å². The highest BCUT2D eigenvalue weighted by Crippen LogP contribution is 2.26. The average Bonchev–Trinajstić information content (AvgIpc) is 3.45. The minimum Gasteiger partial charge on any atom is -0.379 e. The molecule has 0 unspecified atom stereocenters. The molecule has 3 heterocycles. The van der Waals surface area contributed by atoms with E-state index < -0.39 is 10.0 Å². The van der Waals surface area contributed by atoms with E-state index in [0.717, 1.165) is 49.5 Å². The fourth-order valence-electron chi connectivity index (χ4n) is 4.55. The van der Waals surface area contributed by atoms with Crippen molar-refractivity contribution in [1.29, 1.82) is 0 Å². The van der Waals surface area contributed by atoms with Crippen LogP contribution in [-0.2, 0) is 21.3 Å². The van der Waals surface area contributed by atoms with Gasteiger partial charge in [-0.15, -0.1) is 0 Å². The summed E-state index contributed by atoms with van der Waals surface area (Å²) in [6.07, 6.45) is 2.96. The van der Waals surface area contributed by atoms with Gasteiger partial charge in [-0.25, -0.2) is 8.42 Å². The first-order valence-electron chi connectivity index (χ1n) is 13.3. The standard InChI is InChI=1S/C28H34N8O4S/c1-35(41(2,38)39)24-6-4-3-5-21(24)19-31-26-23-11-12-29-25(23)33-28(34-26)32-22-9-7-20(8-10-22)27(37)30-13-14-36-15-17-40-18-16-36/h3-12H,13-19H2,1-2H3,(H,30,37)(H3,29,31,32,33,34). The molecule has 0 bridgehead atoms. The normalized spacial score (nSPS) is 14.1. The van der Waals surface area contributed by atoms with Crippen molar-refractivity contribution < 1.29 is 17.9 Å². The molecule has 2 aromatic heterocycles. The first-order valence-corrected chi connectivity index (χ1v) is 15.2. The largest absolute Gasteiger partial charge is 0.379 e. The lowest BCUT2D eigenvalue weighted by atomic mass is 10.1. The van der Waals surface area contributed by atoms with E-state index in [1.165, 1.54) is 17.6 Å². The smallest absolute Gasteiger partial charge is 0.251 e. The lowest BCUT2D eigenvalue weighted by molar-refractivity contribution is 0.0383. The minimum atomic E-state index is -3.41. The Labute approximate surface area is 239 Å². The van der Waals surface area contributed by atoms with Crippen LogP contribution < -0.4 is 20.3 Å². The molecule has 0 spiro atoms. The molecule has 12 nitrogen and oxygen atoms in total. The number of para-hydroxylation sites is 1. The van der Waals surface area contributed by atoms with Gasteiger partial charge in [0.2, 0.25) is 16.0 Å². The number of anilines is 4. The molecule has 0 atom stereocenters. The molecular weight excluding hydrogens is 544 g/mol. The van der Waals surface area contributed by atoms with Gasteiger partial charge < -0.3 is 25.7 Å². The SMILES string of the molecule is CN(c1ccccc1CNc1nc(Nc2ccc(C(=O)NCCN3CCOCC3)cc2)nc2[nH]ccc12)S(C)(=O)=O. The number of aromatic nitrogens is 3. The first-order chi connectivity index (χ1) is 19.8. The van der Waals surface area contributed by atoms with Crippen molar-refractivity contribution in [2.45, 2.75) is 6.54 Å². The molecule has 1 amide bonds. The maximum absolute atomic E-state index is 12.6. The predicted molar refractivity (Wildman–Crippen MR) is 160 cm³/mol. The van der Waals surface area contributed by atoms with Gasteiger partial charge in [-0.2, -0.15) is 9.97 Å². The highest BCUT2D eigenvalue weighted by atomic mass is 32.2. The van der Waals surface area contributed by atoms with E-state index in [1.807, 2.05) is 30.3 Å². The maximum atomic E-state index is 12.6. The van der Waals surface area contributed by atoms with Crippen molar-refractivity contribution in [2.24, 2.45) is 0 Å². The second kappa shape index (κ2) is 12.5. The average molecular weight is 579 g/mol. The van der Waals surface area contributed by atoms with E-state index in [9.17, 15) is 13.2 Å². The monoisotopic (exact) mass is 578 g/mol.